The molecule has 2 aliphatic rings. The van der Waals surface area contributed by atoms with Gasteiger partial charge in [-0.2, -0.15) is 0 Å². The summed E-state index contributed by atoms with van der Waals surface area (Å²) in [5.41, 5.74) is 16.4. The molecule has 0 bridgehead atoms. The van der Waals surface area contributed by atoms with Crippen molar-refractivity contribution in [3.63, 3.8) is 0 Å². The first-order valence-corrected chi connectivity index (χ1v) is 11.1. The summed E-state index contributed by atoms with van der Waals surface area (Å²) < 4.78 is 0. The van der Waals surface area contributed by atoms with Crippen LogP contribution in [0.2, 0.25) is 0 Å². The molecule has 1 amide bonds. The summed E-state index contributed by atoms with van der Waals surface area (Å²) >= 11 is 1.30. The summed E-state index contributed by atoms with van der Waals surface area (Å²) in [5, 5.41) is 3.15. The first-order chi connectivity index (χ1) is 14.5. The highest BCUT2D eigenvalue weighted by atomic mass is 32.1. The van der Waals surface area contributed by atoms with Gasteiger partial charge >= 0.3 is 0 Å². The number of hydrogen-bond acceptors (Lipinski definition) is 8. The minimum absolute atomic E-state index is 0.0603. The van der Waals surface area contributed by atoms with E-state index in [9.17, 15) is 4.79 Å². The smallest absolute Gasteiger partial charge is 0.263 e. The number of nitrogens with two attached hydrogens (primary N) is 2. The van der Waals surface area contributed by atoms with E-state index in [1.165, 1.54) is 16.9 Å². The fourth-order valence-corrected chi connectivity index (χ4v) is 5.28. The Labute approximate surface area is 178 Å². The second-order valence-electron chi connectivity index (χ2n) is 8.19. The quantitative estimate of drug-likeness (QED) is 0.587. The molecule has 1 aliphatic carbocycles. The Hall–Kier alpha value is -2.78. The van der Waals surface area contributed by atoms with Gasteiger partial charge in [-0.15, -0.1) is 11.3 Å². The lowest BCUT2D eigenvalue weighted by molar-refractivity contribution is 0.0938. The van der Waals surface area contributed by atoms with E-state index in [1.807, 2.05) is 6.92 Å². The number of thiophene rings is 1. The van der Waals surface area contributed by atoms with Crippen LogP contribution in [0.25, 0.3) is 10.3 Å². The van der Waals surface area contributed by atoms with Gasteiger partial charge in [0.05, 0.1) is 11.4 Å². The molecule has 0 radical (unpaired) electrons. The zero-order chi connectivity index (χ0) is 20.8. The third-order valence-electron chi connectivity index (χ3n) is 5.90. The maximum Gasteiger partial charge on any atom is 0.263 e. The van der Waals surface area contributed by atoms with E-state index in [4.69, 9.17) is 16.5 Å². The molecule has 4 heterocycles. The SMILES string of the molecule is Cc1cnc2c(N)c(C(=O)NC3CCc4nc(N5CCC(N)C5)ccc4C3)sc2n1. The zero-order valence-corrected chi connectivity index (χ0v) is 17.7. The zero-order valence-electron chi connectivity index (χ0n) is 16.9. The molecular formula is C21H25N7OS. The molecule has 30 heavy (non-hydrogen) atoms. The Bertz CT molecular complexity index is 1130. The molecule has 0 saturated carbocycles. The van der Waals surface area contributed by atoms with Crippen LogP contribution >= 0.6 is 11.3 Å². The first kappa shape index (κ1) is 19.2. The summed E-state index contributed by atoms with van der Waals surface area (Å²) in [6.07, 6.45) is 5.15. The fourth-order valence-electron chi connectivity index (χ4n) is 4.28. The number of nitrogens with zero attached hydrogens (tertiary/aromatic N) is 4. The number of carbonyl (C=O) groups excluding carboxylic acids is 1. The number of fused-ring (bicyclic) bond motifs is 2. The molecule has 9 heteroatoms. The number of aryl methyl sites for hydroxylation is 2. The number of hydrogen-bond donors (Lipinski definition) is 3. The van der Waals surface area contributed by atoms with Crippen LogP contribution < -0.4 is 21.7 Å². The van der Waals surface area contributed by atoms with Crippen LogP contribution in [0, 0.1) is 6.92 Å². The van der Waals surface area contributed by atoms with E-state index in [2.05, 4.69) is 32.3 Å². The molecule has 0 spiro atoms. The van der Waals surface area contributed by atoms with Gasteiger partial charge in [-0.05, 0) is 44.2 Å². The van der Waals surface area contributed by atoms with Gasteiger partial charge in [-0.3, -0.25) is 4.79 Å². The van der Waals surface area contributed by atoms with Crippen LogP contribution in [0.3, 0.4) is 0 Å². The number of anilines is 2. The minimum Gasteiger partial charge on any atom is -0.396 e. The number of pyridine rings is 1. The van der Waals surface area contributed by atoms with E-state index in [-0.39, 0.29) is 18.0 Å². The molecule has 2 unspecified atom stereocenters. The average Bonchev–Trinajstić information content (AvgIpc) is 3.31. The van der Waals surface area contributed by atoms with Gasteiger partial charge < -0.3 is 21.7 Å². The third kappa shape index (κ3) is 3.48. The van der Waals surface area contributed by atoms with Crippen molar-refractivity contribution in [3.8, 4) is 0 Å². The molecule has 156 valence electrons. The number of carbonyl (C=O) groups is 1. The van der Waals surface area contributed by atoms with Crippen LogP contribution in [-0.2, 0) is 12.8 Å². The summed E-state index contributed by atoms with van der Waals surface area (Å²) in [5.74, 6) is 0.858. The molecule has 5 rings (SSSR count). The van der Waals surface area contributed by atoms with Crippen LogP contribution in [0.4, 0.5) is 11.5 Å². The molecular weight excluding hydrogens is 398 g/mol. The third-order valence-corrected chi connectivity index (χ3v) is 6.99. The summed E-state index contributed by atoms with van der Waals surface area (Å²) in [6.45, 7) is 3.70. The molecule has 0 aromatic carbocycles. The fraction of sp³-hybridized carbons (Fsp3) is 0.429. The Kier molecular flexibility index (Phi) is 4.79. The van der Waals surface area contributed by atoms with Crippen molar-refractivity contribution in [2.75, 3.05) is 23.7 Å². The van der Waals surface area contributed by atoms with Crippen LogP contribution in [0.5, 0.6) is 0 Å². The van der Waals surface area contributed by atoms with Crippen molar-refractivity contribution in [1.29, 1.82) is 0 Å². The van der Waals surface area contributed by atoms with Gasteiger partial charge in [0, 0.05) is 37.1 Å². The van der Waals surface area contributed by atoms with Gasteiger partial charge in [0.15, 0.2) is 0 Å². The number of nitrogens with one attached hydrogen (secondary N) is 1. The molecule has 8 nitrogen and oxygen atoms in total. The Morgan fingerprint density at radius 2 is 2.17 bits per heavy atom. The van der Waals surface area contributed by atoms with E-state index in [0.717, 1.165) is 56.0 Å². The predicted octanol–water partition coefficient (Wildman–Crippen LogP) is 1.80. The molecule has 3 aromatic rings. The molecule has 1 aliphatic heterocycles. The lowest BCUT2D eigenvalue weighted by atomic mass is 9.91. The van der Waals surface area contributed by atoms with Crippen LogP contribution in [-0.4, -0.2) is 46.0 Å². The largest absolute Gasteiger partial charge is 0.396 e. The summed E-state index contributed by atoms with van der Waals surface area (Å²) in [7, 11) is 0. The van der Waals surface area contributed by atoms with Gasteiger partial charge in [-0.25, -0.2) is 15.0 Å². The lowest BCUT2D eigenvalue weighted by Gasteiger charge is -2.26. The summed E-state index contributed by atoms with van der Waals surface area (Å²) in [6, 6.07) is 4.51. The van der Waals surface area contributed by atoms with Crippen molar-refractivity contribution in [1.82, 2.24) is 20.3 Å². The molecule has 5 N–H and O–H groups in total. The Morgan fingerprint density at radius 3 is 2.97 bits per heavy atom. The van der Waals surface area contributed by atoms with Gasteiger partial charge in [0.2, 0.25) is 0 Å². The van der Waals surface area contributed by atoms with Gasteiger partial charge in [0.1, 0.15) is 21.0 Å². The van der Waals surface area contributed by atoms with E-state index < -0.39 is 0 Å². The highest BCUT2D eigenvalue weighted by Crippen LogP contribution is 2.31. The maximum atomic E-state index is 12.9. The van der Waals surface area contributed by atoms with Crippen molar-refractivity contribution >= 4 is 39.1 Å². The molecule has 1 saturated heterocycles. The van der Waals surface area contributed by atoms with Crippen LogP contribution in [0.1, 0.15) is 39.5 Å². The van der Waals surface area contributed by atoms with Crippen molar-refractivity contribution in [2.45, 2.75) is 44.7 Å². The number of aromatic nitrogens is 3. The first-order valence-electron chi connectivity index (χ1n) is 10.3. The van der Waals surface area contributed by atoms with E-state index in [0.29, 0.717) is 20.9 Å². The number of amides is 1. The minimum atomic E-state index is -0.154. The standard InChI is InChI=1S/C21H25N7OS/c1-11-9-24-18-17(23)19(30-21(18)25-11)20(29)26-14-3-4-15-12(8-14)2-5-16(27-15)28-7-6-13(22)10-28/h2,5,9,13-14H,3-4,6-8,10,22-23H2,1H3,(H,26,29). The summed E-state index contributed by atoms with van der Waals surface area (Å²) in [4.78, 5) is 30.0. The second-order valence-corrected chi connectivity index (χ2v) is 9.19. The van der Waals surface area contributed by atoms with Crippen molar-refractivity contribution in [3.05, 3.63) is 40.2 Å². The molecule has 1 fully saturated rings. The van der Waals surface area contributed by atoms with Crippen LogP contribution in [0.15, 0.2) is 18.3 Å². The predicted molar refractivity (Wildman–Crippen MR) is 119 cm³/mol. The lowest BCUT2D eigenvalue weighted by Crippen LogP contribution is -2.39. The maximum absolute atomic E-state index is 12.9. The monoisotopic (exact) mass is 423 g/mol. The van der Waals surface area contributed by atoms with Crippen molar-refractivity contribution < 1.29 is 4.79 Å². The Balaban J connectivity index is 1.30. The molecule has 3 aromatic heterocycles. The van der Waals surface area contributed by atoms with E-state index >= 15 is 0 Å². The molecule has 2 atom stereocenters. The van der Waals surface area contributed by atoms with E-state index in [1.54, 1.807) is 6.20 Å². The topological polar surface area (TPSA) is 123 Å². The highest BCUT2D eigenvalue weighted by Gasteiger charge is 2.26. The Morgan fingerprint density at radius 1 is 1.30 bits per heavy atom. The van der Waals surface area contributed by atoms with Gasteiger partial charge in [-0.1, -0.05) is 6.07 Å². The number of nitrogen functional groups attached to an aromatic ring is 1. The number of rotatable bonds is 3. The highest BCUT2D eigenvalue weighted by molar-refractivity contribution is 7.21. The average molecular weight is 424 g/mol. The van der Waals surface area contributed by atoms with Gasteiger partial charge in [0.25, 0.3) is 5.91 Å². The van der Waals surface area contributed by atoms with Crippen molar-refractivity contribution in [2.24, 2.45) is 5.73 Å². The normalized spacial score (nSPS) is 21.1. The second kappa shape index (κ2) is 7.48.